The van der Waals surface area contributed by atoms with Gasteiger partial charge in [-0.15, -0.1) is 0 Å². The Morgan fingerprint density at radius 2 is 1.97 bits per heavy atom. The van der Waals surface area contributed by atoms with E-state index < -0.39 is 0 Å². The van der Waals surface area contributed by atoms with Crippen LogP contribution in [-0.4, -0.2) is 34.8 Å². The molecule has 7 heteroatoms. The third kappa shape index (κ3) is 4.04. The van der Waals surface area contributed by atoms with Crippen LogP contribution in [0.15, 0.2) is 45.4 Å². The highest BCUT2D eigenvalue weighted by atomic mass is 16.5. The summed E-state index contributed by atoms with van der Waals surface area (Å²) in [6.07, 6.45) is 4.64. The molecule has 0 spiro atoms. The molecule has 0 radical (unpaired) electrons. The number of hydrogen-bond acceptors (Lipinski definition) is 6. The Labute approximate surface area is 169 Å². The van der Waals surface area contributed by atoms with E-state index in [9.17, 15) is 4.79 Å². The first kappa shape index (κ1) is 19.2. The molecule has 3 heterocycles. The molecular weight excluding hydrogens is 370 g/mol. The number of likely N-dealkylation sites (tertiary alicyclic amines) is 1. The lowest BCUT2D eigenvalue weighted by atomic mass is 10.0. The number of carbonyl (C=O) groups excluding carboxylic acids is 1. The lowest BCUT2D eigenvalue weighted by Gasteiger charge is -2.27. The van der Waals surface area contributed by atoms with Crippen molar-refractivity contribution < 1.29 is 18.6 Å². The fraction of sp³-hybridized carbons (Fsp3) is 0.409. The standard InChI is InChI=1S/C22H25N3O4/c1-3-16-13-19(24-28-16)22(26)25-12-6-4-5-7-20(25)18-14-21(29-23-18)15-8-10-17(27-2)11-9-15/h8-11,13-14,20H,3-7,12H2,1-2H3. The van der Waals surface area contributed by atoms with Gasteiger partial charge in [0, 0.05) is 30.7 Å². The fourth-order valence-corrected chi connectivity index (χ4v) is 3.72. The molecule has 0 N–H and O–H groups in total. The van der Waals surface area contributed by atoms with Crippen molar-refractivity contribution in [2.75, 3.05) is 13.7 Å². The Hall–Kier alpha value is -3.09. The topological polar surface area (TPSA) is 81.6 Å². The molecule has 1 atom stereocenters. The lowest BCUT2D eigenvalue weighted by molar-refractivity contribution is 0.0663. The van der Waals surface area contributed by atoms with E-state index in [1.165, 1.54) is 0 Å². The summed E-state index contributed by atoms with van der Waals surface area (Å²) in [5.41, 5.74) is 2.04. The van der Waals surface area contributed by atoms with E-state index in [1.54, 1.807) is 13.2 Å². The molecule has 29 heavy (non-hydrogen) atoms. The highest BCUT2D eigenvalue weighted by Gasteiger charge is 2.31. The highest BCUT2D eigenvalue weighted by molar-refractivity contribution is 5.92. The van der Waals surface area contributed by atoms with Gasteiger partial charge < -0.3 is 18.7 Å². The van der Waals surface area contributed by atoms with E-state index >= 15 is 0 Å². The molecule has 3 aromatic rings. The van der Waals surface area contributed by atoms with E-state index in [-0.39, 0.29) is 11.9 Å². The zero-order chi connectivity index (χ0) is 20.2. The molecular formula is C22H25N3O4. The molecule has 0 aliphatic carbocycles. The molecule has 1 fully saturated rings. The van der Waals surface area contributed by atoms with Crippen LogP contribution in [-0.2, 0) is 6.42 Å². The van der Waals surface area contributed by atoms with Gasteiger partial charge in [0.1, 0.15) is 17.2 Å². The molecule has 4 rings (SSSR count). The molecule has 1 saturated heterocycles. The third-order valence-corrected chi connectivity index (χ3v) is 5.38. The number of aryl methyl sites for hydroxylation is 1. The molecule has 7 nitrogen and oxygen atoms in total. The molecule has 2 aromatic heterocycles. The molecule has 0 saturated carbocycles. The second-order valence-electron chi connectivity index (χ2n) is 7.24. The largest absolute Gasteiger partial charge is 0.497 e. The maximum absolute atomic E-state index is 13.1. The molecule has 1 aromatic carbocycles. The smallest absolute Gasteiger partial charge is 0.276 e. The number of hydrogen-bond donors (Lipinski definition) is 0. The predicted octanol–water partition coefficient (Wildman–Crippen LogP) is 4.66. The van der Waals surface area contributed by atoms with Crippen LogP contribution < -0.4 is 4.74 Å². The van der Waals surface area contributed by atoms with Crippen molar-refractivity contribution in [3.8, 4) is 17.1 Å². The number of aromatic nitrogens is 2. The summed E-state index contributed by atoms with van der Waals surface area (Å²) in [5, 5.41) is 8.27. The van der Waals surface area contributed by atoms with Gasteiger partial charge in [-0.1, -0.05) is 30.1 Å². The SMILES string of the molecule is CCc1cc(C(=O)N2CCCCCC2c2cc(-c3ccc(OC)cc3)on2)no1. The van der Waals surface area contributed by atoms with Gasteiger partial charge >= 0.3 is 0 Å². The number of methoxy groups -OCH3 is 1. The molecule has 1 unspecified atom stereocenters. The van der Waals surface area contributed by atoms with Crippen LogP contribution >= 0.6 is 0 Å². The summed E-state index contributed by atoms with van der Waals surface area (Å²) < 4.78 is 16.1. The summed E-state index contributed by atoms with van der Waals surface area (Å²) >= 11 is 0. The Bertz CT molecular complexity index is 961. The van der Waals surface area contributed by atoms with Crippen molar-refractivity contribution in [2.24, 2.45) is 0 Å². The van der Waals surface area contributed by atoms with Gasteiger partial charge in [0.2, 0.25) is 0 Å². The minimum atomic E-state index is -0.137. The van der Waals surface area contributed by atoms with Crippen LogP contribution in [0.3, 0.4) is 0 Å². The van der Waals surface area contributed by atoms with Gasteiger partial charge in [-0.2, -0.15) is 0 Å². The Morgan fingerprint density at radius 3 is 2.69 bits per heavy atom. The first-order chi connectivity index (χ1) is 14.2. The maximum Gasteiger partial charge on any atom is 0.276 e. The van der Waals surface area contributed by atoms with E-state index in [2.05, 4.69) is 10.3 Å². The zero-order valence-corrected chi connectivity index (χ0v) is 16.8. The van der Waals surface area contributed by atoms with Crippen LogP contribution in [0.25, 0.3) is 11.3 Å². The minimum Gasteiger partial charge on any atom is -0.497 e. The van der Waals surface area contributed by atoms with Crippen LogP contribution in [0, 0.1) is 0 Å². The van der Waals surface area contributed by atoms with Gasteiger partial charge in [-0.3, -0.25) is 4.79 Å². The number of rotatable bonds is 5. The maximum atomic E-state index is 13.1. The molecule has 1 amide bonds. The van der Waals surface area contributed by atoms with Crippen molar-refractivity contribution in [3.05, 3.63) is 53.5 Å². The van der Waals surface area contributed by atoms with Crippen LogP contribution in [0.2, 0.25) is 0 Å². The lowest BCUT2D eigenvalue weighted by Crippen LogP contribution is -2.35. The van der Waals surface area contributed by atoms with E-state index in [4.69, 9.17) is 13.8 Å². The molecule has 152 valence electrons. The minimum absolute atomic E-state index is 0.116. The van der Waals surface area contributed by atoms with Crippen LogP contribution in [0.5, 0.6) is 5.75 Å². The van der Waals surface area contributed by atoms with Crippen molar-refractivity contribution in [1.29, 1.82) is 0 Å². The number of carbonyl (C=O) groups is 1. The van der Waals surface area contributed by atoms with E-state index in [0.717, 1.165) is 42.7 Å². The summed E-state index contributed by atoms with van der Waals surface area (Å²) in [5.74, 6) is 2.05. The molecule has 1 aliphatic rings. The average molecular weight is 395 g/mol. The second kappa shape index (κ2) is 8.51. The number of ether oxygens (including phenoxy) is 1. The summed E-state index contributed by atoms with van der Waals surface area (Å²) in [6, 6.07) is 11.2. The summed E-state index contributed by atoms with van der Waals surface area (Å²) in [4.78, 5) is 15.0. The van der Waals surface area contributed by atoms with Gasteiger partial charge in [-0.05, 0) is 37.1 Å². The molecule has 1 aliphatic heterocycles. The Morgan fingerprint density at radius 1 is 1.14 bits per heavy atom. The number of amides is 1. The number of nitrogens with zero attached hydrogens (tertiary/aromatic N) is 3. The fourth-order valence-electron chi connectivity index (χ4n) is 3.72. The Balaban J connectivity index is 1.60. The second-order valence-corrected chi connectivity index (χ2v) is 7.24. The van der Waals surface area contributed by atoms with E-state index in [1.807, 2.05) is 42.2 Å². The van der Waals surface area contributed by atoms with E-state index in [0.29, 0.717) is 30.2 Å². The quantitative estimate of drug-likeness (QED) is 0.625. The highest BCUT2D eigenvalue weighted by Crippen LogP contribution is 2.33. The van der Waals surface area contributed by atoms with Crippen molar-refractivity contribution in [1.82, 2.24) is 15.2 Å². The third-order valence-electron chi connectivity index (χ3n) is 5.38. The summed E-state index contributed by atoms with van der Waals surface area (Å²) in [7, 11) is 1.64. The van der Waals surface area contributed by atoms with Crippen LogP contribution in [0.1, 0.15) is 60.6 Å². The number of benzene rings is 1. The van der Waals surface area contributed by atoms with Gasteiger partial charge in [0.15, 0.2) is 11.5 Å². The molecule has 0 bridgehead atoms. The van der Waals surface area contributed by atoms with Gasteiger partial charge in [0.05, 0.1) is 13.2 Å². The van der Waals surface area contributed by atoms with Crippen molar-refractivity contribution in [3.63, 3.8) is 0 Å². The van der Waals surface area contributed by atoms with Gasteiger partial charge in [-0.25, -0.2) is 0 Å². The van der Waals surface area contributed by atoms with Gasteiger partial charge in [0.25, 0.3) is 5.91 Å². The van der Waals surface area contributed by atoms with Crippen molar-refractivity contribution >= 4 is 5.91 Å². The monoisotopic (exact) mass is 395 g/mol. The summed E-state index contributed by atoms with van der Waals surface area (Å²) in [6.45, 7) is 2.64. The Kier molecular flexibility index (Phi) is 5.64. The van der Waals surface area contributed by atoms with Crippen LogP contribution in [0.4, 0.5) is 0 Å². The zero-order valence-electron chi connectivity index (χ0n) is 16.8. The first-order valence-corrected chi connectivity index (χ1v) is 10.1. The predicted molar refractivity (Wildman–Crippen MR) is 107 cm³/mol. The first-order valence-electron chi connectivity index (χ1n) is 10.1. The van der Waals surface area contributed by atoms with Crippen molar-refractivity contribution in [2.45, 2.75) is 45.1 Å². The average Bonchev–Trinajstić information content (AvgIpc) is 3.38. The normalized spacial score (nSPS) is 17.2.